The van der Waals surface area contributed by atoms with Crippen LogP contribution in [-0.4, -0.2) is 22.1 Å². The second-order valence-corrected chi connectivity index (χ2v) is 6.53. The van der Waals surface area contributed by atoms with Gasteiger partial charge in [-0.15, -0.1) is 0 Å². The predicted molar refractivity (Wildman–Crippen MR) is 109 cm³/mol. The third-order valence-corrected chi connectivity index (χ3v) is 4.70. The first kappa shape index (κ1) is 17.1. The number of nitrogens with one attached hydrogen (secondary N) is 2. The zero-order valence-electron chi connectivity index (χ0n) is 15.1. The van der Waals surface area contributed by atoms with E-state index in [-0.39, 0.29) is 6.03 Å². The van der Waals surface area contributed by atoms with Gasteiger partial charge in [0.1, 0.15) is 5.65 Å². The number of aryl methyl sites for hydroxylation is 1. The first-order chi connectivity index (χ1) is 13.3. The molecule has 2 aromatic carbocycles. The number of hydrogen-bond donors (Lipinski definition) is 2. The van der Waals surface area contributed by atoms with Gasteiger partial charge in [-0.3, -0.25) is 0 Å². The highest BCUT2D eigenvalue weighted by Gasteiger charge is 2.04. The van der Waals surface area contributed by atoms with E-state index in [1.807, 2.05) is 36.5 Å². The number of urea groups is 1. The van der Waals surface area contributed by atoms with Crippen LogP contribution in [0.2, 0.25) is 0 Å². The van der Waals surface area contributed by atoms with Crippen LogP contribution in [0.1, 0.15) is 12.0 Å². The van der Waals surface area contributed by atoms with Crippen molar-refractivity contribution in [3.63, 3.8) is 0 Å². The molecule has 0 radical (unpaired) electrons. The number of carbonyl (C=O) groups excluding carboxylic acids is 1. The molecule has 2 N–H and O–H groups in total. The SMILES string of the molecule is O=C(NCCCn1ccc2cccnc21)NCc1cccc2ccccc12. The average molecular weight is 358 g/mol. The minimum Gasteiger partial charge on any atom is -0.338 e. The minimum atomic E-state index is -0.140. The largest absolute Gasteiger partial charge is 0.338 e. The Kier molecular flexibility index (Phi) is 5.01. The van der Waals surface area contributed by atoms with E-state index < -0.39 is 0 Å². The Labute approximate surface area is 158 Å². The summed E-state index contributed by atoms with van der Waals surface area (Å²) < 4.78 is 2.12. The molecule has 0 saturated carbocycles. The van der Waals surface area contributed by atoms with Crippen molar-refractivity contribution in [1.82, 2.24) is 20.2 Å². The fourth-order valence-corrected chi connectivity index (χ4v) is 3.34. The maximum atomic E-state index is 12.1. The lowest BCUT2D eigenvalue weighted by Gasteiger charge is -2.10. The summed E-state index contributed by atoms with van der Waals surface area (Å²) in [6, 6.07) is 20.3. The third-order valence-electron chi connectivity index (χ3n) is 4.70. The summed E-state index contributed by atoms with van der Waals surface area (Å²) in [5.41, 5.74) is 2.10. The first-order valence-corrected chi connectivity index (χ1v) is 9.19. The number of rotatable bonds is 6. The van der Waals surface area contributed by atoms with Crippen molar-refractivity contribution in [2.75, 3.05) is 6.54 Å². The van der Waals surface area contributed by atoms with E-state index in [2.05, 4.69) is 50.5 Å². The summed E-state index contributed by atoms with van der Waals surface area (Å²) in [5.74, 6) is 0. The van der Waals surface area contributed by atoms with Gasteiger partial charge in [0, 0.05) is 37.4 Å². The summed E-state index contributed by atoms with van der Waals surface area (Å²) in [6.45, 7) is 1.96. The highest BCUT2D eigenvalue weighted by atomic mass is 16.2. The molecule has 5 heteroatoms. The van der Waals surface area contributed by atoms with Gasteiger partial charge in [-0.1, -0.05) is 42.5 Å². The van der Waals surface area contributed by atoms with E-state index in [4.69, 9.17) is 0 Å². The Morgan fingerprint density at radius 3 is 2.74 bits per heavy atom. The van der Waals surface area contributed by atoms with Crippen LogP contribution in [0, 0.1) is 0 Å². The van der Waals surface area contributed by atoms with Crippen LogP contribution in [0.5, 0.6) is 0 Å². The molecule has 4 aromatic rings. The molecule has 0 fully saturated rings. The van der Waals surface area contributed by atoms with Crippen molar-refractivity contribution < 1.29 is 4.79 Å². The number of benzene rings is 2. The molecule has 2 amide bonds. The molecular weight excluding hydrogens is 336 g/mol. The molecule has 0 atom stereocenters. The highest BCUT2D eigenvalue weighted by Crippen LogP contribution is 2.18. The van der Waals surface area contributed by atoms with Gasteiger partial charge < -0.3 is 15.2 Å². The van der Waals surface area contributed by atoms with Crippen LogP contribution in [0.25, 0.3) is 21.8 Å². The molecule has 0 aliphatic carbocycles. The molecule has 0 spiro atoms. The van der Waals surface area contributed by atoms with Crippen LogP contribution >= 0.6 is 0 Å². The van der Waals surface area contributed by atoms with Crippen molar-refractivity contribution in [3.8, 4) is 0 Å². The van der Waals surface area contributed by atoms with Crippen molar-refractivity contribution in [2.45, 2.75) is 19.5 Å². The number of carbonyl (C=O) groups is 1. The highest BCUT2D eigenvalue weighted by molar-refractivity contribution is 5.86. The molecule has 0 aliphatic rings. The van der Waals surface area contributed by atoms with Gasteiger partial charge in [0.25, 0.3) is 0 Å². The van der Waals surface area contributed by atoms with Crippen molar-refractivity contribution >= 4 is 27.8 Å². The monoisotopic (exact) mass is 358 g/mol. The number of pyridine rings is 1. The molecule has 2 aromatic heterocycles. The van der Waals surface area contributed by atoms with Crippen LogP contribution < -0.4 is 10.6 Å². The molecule has 0 unspecified atom stereocenters. The van der Waals surface area contributed by atoms with E-state index in [0.717, 1.165) is 29.6 Å². The molecule has 4 rings (SSSR count). The lowest BCUT2D eigenvalue weighted by molar-refractivity contribution is 0.240. The topological polar surface area (TPSA) is 59.0 Å². The quantitative estimate of drug-likeness (QED) is 0.510. The summed E-state index contributed by atoms with van der Waals surface area (Å²) in [6.07, 6.45) is 4.69. The summed E-state index contributed by atoms with van der Waals surface area (Å²) >= 11 is 0. The van der Waals surface area contributed by atoms with Crippen LogP contribution in [0.15, 0.2) is 73.1 Å². The Balaban J connectivity index is 1.25. The Bertz CT molecular complexity index is 1060. The lowest BCUT2D eigenvalue weighted by atomic mass is 10.0. The third kappa shape index (κ3) is 3.92. The standard InChI is InChI=1S/C22H22N4O/c27-22(25-16-19-8-3-7-17-6-1-2-10-20(17)19)24-13-5-14-26-15-11-18-9-4-12-23-21(18)26/h1-4,6-12,15H,5,13-14,16H2,(H2,24,25,27). The van der Waals surface area contributed by atoms with Gasteiger partial charge in [0.2, 0.25) is 0 Å². The van der Waals surface area contributed by atoms with Gasteiger partial charge in [0.05, 0.1) is 0 Å². The maximum absolute atomic E-state index is 12.1. The molecule has 0 bridgehead atoms. The van der Waals surface area contributed by atoms with E-state index in [0.29, 0.717) is 13.1 Å². The van der Waals surface area contributed by atoms with Gasteiger partial charge in [-0.25, -0.2) is 9.78 Å². The molecule has 0 aliphatic heterocycles. The number of hydrogen-bond acceptors (Lipinski definition) is 2. The Morgan fingerprint density at radius 2 is 1.78 bits per heavy atom. The fourth-order valence-electron chi connectivity index (χ4n) is 3.34. The first-order valence-electron chi connectivity index (χ1n) is 9.19. The molecule has 5 nitrogen and oxygen atoms in total. The lowest BCUT2D eigenvalue weighted by Crippen LogP contribution is -2.35. The molecule has 0 saturated heterocycles. The zero-order chi connectivity index (χ0) is 18.5. The maximum Gasteiger partial charge on any atom is 0.315 e. The van der Waals surface area contributed by atoms with Crippen molar-refractivity contribution in [3.05, 3.63) is 78.6 Å². The fraction of sp³-hybridized carbons (Fsp3) is 0.182. The predicted octanol–water partition coefficient (Wildman–Crippen LogP) is 4.08. The number of aromatic nitrogens is 2. The second kappa shape index (κ2) is 7.91. The zero-order valence-corrected chi connectivity index (χ0v) is 15.1. The molecule has 2 heterocycles. The Morgan fingerprint density at radius 1 is 0.926 bits per heavy atom. The van der Waals surface area contributed by atoms with Gasteiger partial charge in [0.15, 0.2) is 0 Å². The van der Waals surface area contributed by atoms with Gasteiger partial charge >= 0.3 is 6.03 Å². The van der Waals surface area contributed by atoms with E-state index in [9.17, 15) is 4.79 Å². The van der Waals surface area contributed by atoms with E-state index in [1.54, 1.807) is 6.20 Å². The second-order valence-electron chi connectivity index (χ2n) is 6.53. The van der Waals surface area contributed by atoms with Crippen molar-refractivity contribution in [1.29, 1.82) is 0 Å². The molecule has 27 heavy (non-hydrogen) atoms. The number of fused-ring (bicyclic) bond motifs is 2. The molecule has 136 valence electrons. The van der Waals surface area contributed by atoms with Gasteiger partial charge in [-0.05, 0) is 41.0 Å². The number of amides is 2. The number of nitrogens with zero attached hydrogens (tertiary/aromatic N) is 2. The average Bonchev–Trinajstić information content (AvgIpc) is 3.13. The minimum absolute atomic E-state index is 0.140. The van der Waals surface area contributed by atoms with Crippen LogP contribution in [0.3, 0.4) is 0 Å². The smallest absolute Gasteiger partial charge is 0.315 e. The van der Waals surface area contributed by atoms with Crippen LogP contribution in [0.4, 0.5) is 4.79 Å². The van der Waals surface area contributed by atoms with E-state index >= 15 is 0 Å². The van der Waals surface area contributed by atoms with Crippen LogP contribution in [-0.2, 0) is 13.1 Å². The van der Waals surface area contributed by atoms with E-state index in [1.165, 1.54) is 10.8 Å². The van der Waals surface area contributed by atoms with Crippen molar-refractivity contribution in [2.24, 2.45) is 0 Å². The normalized spacial score (nSPS) is 11.0. The summed E-state index contributed by atoms with van der Waals surface area (Å²) in [4.78, 5) is 16.5. The Hall–Kier alpha value is -3.34. The summed E-state index contributed by atoms with van der Waals surface area (Å²) in [5, 5.41) is 9.37. The summed E-state index contributed by atoms with van der Waals surface area (Å²) in [7, 11) is 0. The molecular formula is C22H22N4O. The van der Waals surface area contributed by atoms with Gasteiger partial charge in [-0.2, -0.15) is 0 Å².